The molecule has 0 spiro atoms. The van der Waals surface area contributed by atoms with Crippen LogP contribution < -0.4 is 16.0 Å². The number of carbonyl (C=O) groups is 3. The van der Waals surface area contributed by atoms with Crippen LogP contribution in [0.1, 0.15) is 15.9 Å². The maximum Gasteiger partial charge on any atom is 0.253 e. The van der Waals surface area contributed by atoms with Crippen LogP contribution in [0.2, 0.25) is 10.0 Å². The van der Waals surface area contributed by atoms with Gasteiger partial charge in [-0.05, 0) is 35.9 Å². The molecule has 26 heavy (non-hydrogen) atoms. The van der Waals surface area contributed by atoms with Crippen LogP contribution in [-0.4, -0.2) is 35.8 Å². The Morgan fingerprint density at radius 1 is 0.885 bits per heavy atom. The zero-order chi connectivity index (χ0) is 18.9. The van der Waals surface area contributed by atoms with Gasteiger partial charge in [-0.1, -0.05) is 23.2 Å². The quantitative estimate of drug-likeness (QED) is 0.662. The number of amides is 3. The highest BCUT2D eigenvalue weighted by molar-refractivity contribution is 6.36. The molecule has 1 aromatic heterocycles. The van der Waals surface area contributed by atoms with Crippen LogP contribution in [0, 0.1) is 0 Å². The third-order valence-corrected chi connectivity index (χ3v) is 3.82. The van der Waals surface area contributed by atoms with E-state index in [1.54, 1.807) is 24.5 Å². The van der Waals surface area contributed by atoms with Crippen molar-refractivity contribution in [3.63, 3.8) is 0 Å². The maximum absolute atomic E-state index is 12.0. The van der Waals surface area contributed by atoms with Crippen LogP contribution >= 0.6 is 23.2 Å². The Morgan fingerprint density at radius 2 is 1.54 bits per heavy atom. The van der Waals surface area contributed by atoms with E-state index in [1.807, 2.05) is 0 Å². The molecule has 0 saturated heterocycles. The van der Waals surface area contributed by atoms with Gasteiger partial charge in [-0.3, -0.25) is 19.4 Å². The largest absolute Gasteiger partial charge is 0.350 e. The van der Waals surface area contributed by atoms with E-state index in [2.05, 4.69) is 20.9 Å². The van der Waals surface area contributed by atoms with Gasteiger partial charge in [-0.2, -0.15) is 0 Å². The molecule has 1 heterocycles. The molecule has 7 nitrogen and oxygen atoms in total. The van der Waals surface area contributed by atoms with Crippen LogP contribution in [0.3, 0.4) is 0 Å². The summed E-state index contributed by atoms with van der Waals surface area (Å²) < 4.78 is 0. The van der Waals surface area contributed by atoms with Gasteiger partial charge in [0.05, 0.1) is 23.7 Å². The van der Waals surface area contributed by atoms with Crippen molar-refractivity contribution in [1.82, 2.24) is 20.9 Å². The first kappa shape index (κ1) is 19.7. The average molecular weight is 395 g/mol. The number of benzene rings is 1. The monoisotopic (exact) mass is 394 g/mol. The van der Waals surface area contributed by atoms with Gasteiger partial charge in [-0.25, -0.2) is 0 Å². The lowest BCUT2D eigenvalue weighted by atomic mass is 10.2. The molecule has 136 valence electrons. The summed E-state index contributed by atoms with van der Waals surface area (Å²) in [5.74, 6) is -1.35. The van der Waals surface area contributed by atoms with Gasteiger partial charge in [-0.15, -0.1) is 0 Å². The molecule has 3 N–H and O–H groups in total. The zero-order valence-corrected chi connectivity index (χ0v) is 15.1. The minimum absolute atomic E-state index is 0.186. The van der Waals surface area contributed by atoms with E-state index in [4.69, 9.17) is 23.2 Å². The fourth-order valence-corrected chi connectivity index (χ4v) is 2.43. The second-order valence-electron chi connectivity index (χ2n) is 5.22. The molecule has 0 fully saturated rings. The molecule has 9 heteroatoms. The molecule has 3 amide bonds. The molecule has 1 aromatic carbocycles. The van der Waals surface area contributed by atoms with E-state index in [-0.39, 0.29) is 29.6 Å². The highest BCUT2D eigenvalue weighted by atomic mass is 35.5. The highest BCUT2D eigenvalue weighted by Crippen LogP contribution is 2.20. The minimum atomic E-state index is -0.510. The van der Waals surface area contributed by atoms with Crippen molar-refractivity contribution in [2.24, 2.45) is 0 Å². The topological polar surface area (TPSA) is 100 Å². The Kier molecular flexibility index (Phi) is 7.37. The Balaban J connectivity index is 1.69. The van der Waals surface area contributed by atoms with E-state index in [1.165, 1.54) is 18.2 Å². The van der Waals surface area contributed by atoms with E-state index in [9.17, 15) is 14.4 Å². The Hall–Kier alpha value is -2.64. The molecule has 0 saturated carbocycles. The van der Waals surface area contributed by atoms with Crippen molar-refractivity contribution in [3.8, 4) is 0 Å². The molecule has 0 aliphatic carbocycles. The maximum atomic E-state index is 12.0. The summed E-state index contributed by atoms with van der Waals surface area (Å²) in [6, 6.07) is 7.97. The lowest BCUT2D eigenvalue weighted by Gasteiger charge is -2.09. The predicted molar refractivity (Wildman–Crippen MR) is 97.9 cm³/mol. The van der Waals surface area contributed by atoms with Crippen LogP contribution in [0.5, 0.6) is 0 Å². The van der Waals surface area contributed by atoms with Gasteiger partial charge >= 0.3 is 0 Å². The molecule has 2 rings (SSSR count). The lowest BCUT2D eigenvalue weighted by molar-refractivity contribution is -0.125. The number of carbonyl (C=O) groups excluding carboxylic acids is 3. The third kappa shape index (κ3) is 6.34. The molecule has 0 aliphatic rings. The van der Waals surface area contributed by atoms with E-state index < -0.39 is 11.8 Å². The number of hydrogen-bond donors (Lipinski definition) is 3. The summed E-state index contributed by atoms with van der Waals surface area (Å²) >= 11 is 11.7. The van der Waals surface area contributed by atoms with E-state index in [0.29, 0.717) is 11.6 Å². The number of rotatable bonds is 7. The molecule has 0 bridgehead atoms. The molecule has 2 aromatic rings. The van der Waals surface area contributed by atoms with Crippen molar-refractivity contribution in [1.29, 1.82) is 0 Å². The van der Waals surface area contributed by atoms with Crippen LogP contribution in [0.15, 0.2) is 42.7 Å². The summed E-state index contributed by atoms with van der Waals surface area (Å²) in [5.41, 5.74) is 1.10. The Morgan fingerprint density at radius 3 is 2.23 bits per heavy atom. The van der Waals surface area contributed by atoms with Crippen LogP contribution in [-0.2, 0) is 16.1 Å². The summed E-state index contributed by atoms with van der Waals surface area (Å²) in [5, 5.41) is 8.09. The van der Waals surface area contributed by atoms with Crippen molar-refractivity contribution >= 4 is 40.9 Å². The summed E-state index contributed by atoms with van der Waals surface area (Å²) in [7, 11) is 0. The summed E-state index contributed by atoms with van der Waals surface area (Å²) in [6.07, 6.45) is 3.25. The smallest absolute Gasteiger partial charge is 0.253 e. The molecule has 0 aliphatic heterocycles. The van der Waals surface area contributed by atoms with Gasteiger partial charge < -0.3 is 16.0 Å². The fourth-order valence-electron chi connectivity index (χ4n) is 1.93. The number of pyridine rings is 1. The first-order valence-corrected chi connectivity index (χ1v) is 8.37. The number of nitrogens with zero attached hydrogens (tertiary/aromatic N) is 1. The van der Waals surface area contributed by atoms with Crippen molar-refractivity contribution < 1.29 is 14.4 Å². The first-order chi connectivity index (χ1) is 12.5. The van der Waals surface area contributed by atoms with Crippen LogP contribution in [0.25, 0.3) is 0 Å². The van der Waals surface area contributed by atoms with Gasteiger partial charge in [0.2, 0.25) is 11.8 Å². The standard InChI is InChI=1S/C17H16Cl2N4O3/c18-12-1-2-13(14(19)7-12)17(26)23-10-16(25)22-9-15(24)21-8-11-3-5-20-6-4-11/h1-7H,8-10H2,(H,21,24)(H,22,25)(H,23,26). The SMILES string of the molecule is O=C(CNC(=O)CNC(=O)c1ccc(Cl)cc1Cl)NCc1ccncc1. The molecule has 0 radical (unpaired) electrons. The zero-order valence-electron chi connectivity index (χ0n) is 13.6. The van der Waals surface area contributed by atoms with Gasteiger partial charge in [0.1, 0.15) is 0 Å². The highest BCUT2D eigenvalue weighted by Gasteiger charge is 2.12. The van der Waals surface area contributed by atoms with Crippen LogP contribution in [0.4, 0.5) is 0 Å². The summed E-state index contributed by atoms with van der Waals surface area (Å²) in [4.78, 5) is 39.3. The molecular formula is C17H16Cl2N4O3. The predicted octanol–water partition coefficient (Wildman–Crippen LogP) is 1.55. The van der Waals surface area contributed by atoms with Gasteiger partial charge in [0, 0.05) is 24.0 Å². The Bertz CT molecular complexity index is 800. The van der Waals surface area contributed by atoms with Crippen molar-refractivity contribution in [2.75, 3.05) is 13.1 Å². The average Bonchev–Trinajstić information content (AvgIpc) is 2.63. The first-order valence-electron chi connectivity index (χ1n) is 7.61. The lowest BCUT2D eigenvalue weighted by Crippen LogP contribution is -2.41. The number of nitrogens with one attached hydrogen (secondary N) is 3. The molecule has 0 unspecified atom stereocenters. The molecular weight excluding hydrogens is 379 g/mol. The summed E-state index contributed by atoms with van der Waals surface area (Å²) in [6.45, 7) is -0.139. The van der Waals surface area contributed by atoms with Crippen molar-refractivity contribution in [2.45, 2.75) is 6.54 Å². The number of aromatic nitrogens is 1. The second kappa shape index (κ2) is 9.74. The van der Waals surface area contributed by atoms with Crippen molar-refractivity contribution in [3.05, 3.63) is 63.9 Å². The molecule has 0 atom stereocenters. The number of hydrogen-bond acceptors (Lipinski definition) is 4. The number of halogens is 2. The third-order valence-electron chi connectivity index (χ3n) is 3.27. The minimum Gasteiger partial charge on any atom is -0.350 e. The Labute approximate surface area is 160 Å². The fraction of sp³-hybridized carbons (Fsp3) is 0.176. The normalized spacial score (nSPS) is 10.1. The van der Waals surface area contributed by atoms with Gasteiger partial charge in [0.25, 0.3) is 5.91 Å². The van der Waals surface area contributed by atoms with Gasteiger partial charge in [0.15, 0.2) is 0 Å². The second-order valence-corrected chi connectivity index (χ2v) is 6.06. The van der Waals surface area contributed by atoms with E-state index >= 15 is 0 Å². The van der Waals surface area contributed by atoms with E-state index in [0.717, 1.165) is 5.56 Å².